The Morgan fingerprint density at radius 3 is 2.84 bits per heavy atom. The summed E-state index contributed by atoms with van der Waals surface area (Å²) in [5.74, 6) is 0.692. The Hall–Kier alpha value is -1.46. The van der Waals surface area contributed by atoms with Gasteiger partial charge in [0.1, 0.15) is 10.7 Å². The van der Waals surface area contributed by atoms with Gasteiger partial charge in [0.15, 0.2) is 0 Å². The first-order chi connectivity index (χ1) is 9.16. The summed E-state index contributed by atoms with van der Waals surface area (Å²) < 4.78 is 6.68. The van der Waals surface area contributed by atoms with Gasteiger partial charge in [-0.15, -0.1) is 0 Å². The lowest BCUT2D eigenvalue weighted by atomic mass is 10.2. The van der Waals surface area contributed by atoms with Crippen molar-refractivity contribution in [2.75, 3.05) is 6.61 Å². The fourth-order valence-electron chi connectivity index (χ4n) is 1.63. The number of pyridine rings is 1. The SMILES string of the molecule is NC(=S)c1ccc(Br)cc1OCCc1ccccn1. The van der Waals surface area contributed by atoms with Crippen molar-refractivity contribution < 1.29 is 4.74 Å². The first kappa shape index (κ1) is 14.0. The smallest absolute Gasteiger partial charge is 0.130 e. The molecule has 0 aliphatic heterocycles. The second kappa shape index (κ2) is 6.63. The Kier molecular flexibility index (Phi) is 4.87. The van der Waals surface area contributed by atoms with E-state index in [1.165, 1.54) is 0 Å². The molecule has 0 amide bonds. The number of ether oxygens (including phenoxy) is 1. The normalized spacial score (nSPS) is 10.2. The van der Waals surface area contributed by atoms with Gasteiger partial charge in [0.25, 0.3) is 0 Å². The predicted molar refractivity (Wildman–Crippen MR) is 83.5 cm³/mol. The van der Waals surface area contributed by atoms with Gasteiger partial charge >= 0.3 is 0 Å². The molecule has 2 N–H and O–H groups in total. The van der Waals surface area contributed by atoms with Crippen LogP contribution in [0.3, 0.4) is 0 Å². The molecule has 0 bridgehead atoms. The van der Waals surface area contributed by atoms with E-state index >= 15 is 0 Å². The maximum absolute atomic E-state index is 5.75. The predicted octanol–water partition coefficient (Wildman–Crippen LogP) is 3.10. The molecule has 1 heterocycles. The molecular formula is C14H13BrN2OS. The molecule has 5 heteroatoms. The van der Waals surface area contributed by atoms with E-state index in [9.17, 15) is 0 Å². The summed E-state index contributed by atoms with van der Waals surface area (Å²) in [4.78, 5) is 4.58. The molecule has 0 saturated heterocycles. The number of rotatable bonds is 5. The van der Waals surface area contributed by atoms with Gasteiger partial charge in [0.05, 0.1) is 12.2 Å². The molecule has 19 heavy (non-hydrogen) atoms. The van der Waals surface area contributed by atoms with Crippen LogP contribution in [0.25, 0.3) is 0 Å². The average molecular weight is 337 g/mol. The van der Waals surface area contributed by atoms with E-state index in [1.54, 1.807) is 6.20 Å². The quantitative estimate of drug-likeness (QED) is 0.852. The van der Waals surface area contributed by atoms with Crippen molar-refractivity contribution in [3.8, 4) is 5.75 Å². The van der Waals surface area contributed by atoms with Gasteiger partial charge in [-0.3, -0.25) is 4.98 Å². The zero-order valence-electron chi connectivity index (χ0n) is 10.2. The molecule has 0 aliphatic carbocycles. The maximum Gasteiger partial charge on any atom is 0.130 e. The third-order valence-electron chi connectivity index (χ3n) is 2.55. The van der Waals surface area contributed by atoms with Gasteiger partial charge in [-0.1, -0.05) is 34.2 Å². The Morgan fingerprint density at radius 1 is 1.32 bits per heavy atom. The minimum atomic E-state index is 0.334. The third kappa shape index (κ3) is 4.01. The molecule has 0 saturated carbocycles. The third-order valence-corrected chi connectivity index (χ3v) is 3.26. The highest BCUT2D eigenvalue weighted by Crippen LogP contribution is 2.23. The van der Waals surface area contributed by atoms with E-state index in [2.05, 4.69) is 20.9 Å². The van der Waals surface area contributed by atoms with Gasteiger partial charge in [-0.05, 0) is 30.3 Å². The topological polar surface area (TPSA) is 48.1 Å². The first-order valence-electron chi connectivity index (χ1n) is 5.79. The van der Waals surface area contributed by atoms with Crippen LogP contribution in [0, 0.1) is 0 Å². The monoisotopic (exact) mass is 336 g/mol. The van der Waals surface area contributed by atoms with Crippen LogP contribution in [0.15, 0.2) is 47.1 Å². The minimum Gasteiger partial charge on any atom is -0.492 e. The van der Waals surface area contributed by atoms with E-state index in [1.807, 2.05) is 36.4 Å². The zero-order valence-corrected chi connectivity index (χ0v) is 12.6. The molecule has 3 nitrogen and oxygen atoms in total. The van der Waals surface area contributed by atoms with Gasteiger partial charge in [-0.25, -0.2) is 0 Å². The van der Waals surface area contributed by atoms with Gasteiger partial charge < -0.3 is 10.5 Å². The highest BCUT2D eigenvalue weighted by atomic mass is 79.9. The highest BCUT2D eigenvalue weighted by Gasteiger charge is 2.07. The van der Waals surface area contributed by atoms with E-state index in [0.717, 1.165) is 22.2 Å². The summed E-state index contributed by atoms with van der Waals surface area (Å²) in [6, 6.07) is 11.4. The zero-order chi connectivity index (χ0) is 13.7. The molecule has 0 spiro atoms. The summed E-state index contributed by atoms with van der Waals surface area (Å²) in [6.45, 7) is 0.531. The Bertz CT molecular complexity index is 575. The summed E-state index contributed by atoms with van der Waals surface area (Å²) in [6.07, 6.45) is 2.51. The number of benzene rings is 1. The molecule has 0 radical (unpaired) electrons. The number of hydrogen-bond donors (Lipinski definition) is 1. The molecule has 0 fully saturated rings. The Labute approximate surface area is 125 Å². The van der Waals surface area contributed by atoms with E-state index < -0.39 is 0 Å². The molecule has 1 aromatic heterocycles. The number of nitrogens with two attached hydrogens (primary N) is 1. The average Bonchev–Trinajstić information content (AvgIpc) is 2.39. The van der Waals surface area contributed by atoms with Gasteiger partial charge in [-0.2, -0.15) is 0 Å². The standard InChI is InChI=1S/C14H13BrN2OS/c15-10-4-5-12(14(16)19)13(9-10)18-8-6-11-3-1-2-7-17-11/h1-5,7,9H,6,8H2,(H2,16,19). The van der Waals surface area contributed by atoms with Crippen LogP contribution in [0.1, 0.15) is 11.3 Å². The maximum atomic E-state index is 5.75. The second-order valence-corrected chi connectivity index (χ2v) is 5.28. The van der Waals surface area contributed by atoms with Crippen LogP contribution < -0.4 is 10.5 Å². The summed E-state index contributed by atoms with van der Waals surface area (Å²) in [7, 11) is 0. The molecule has 0 aliphatic rings. The van der Waals surface area contributed by atoms with Crippen LogP contribution in [0.4, 0.5) is 0 Å². The Balaban J connectivity index is 2.03. The molecule has 2 aromatic rings. The van der Waals surface area contributed by atoms with Crippen molar-refractivity contribution in [3.63, 3.8) is 0 Å². The lowest BCUT2D eigenvalue weighted by Gasteiger charge is -2.11. The minimum absolute atomic E-state index is 0.334. The Morgan fingerprint density at radius 2 is 2.16 bits per heavy atom. The van der Waals surface area contributed by atoms with Crippen LogP contribution in [-0.2, 0) is 6.42 Å². The summed E-state index contributed by atoms with van der Waals surface area (Å²) in [5, 5.41) is 0. The number of aromatic nitrogens is 1. The fourth-order valence-corrected chi connectivity index (χ4v) is 2.14. The van der Waals surface area contributed by atoms with Gasteiger partial charge in [0, 0.05) is 22.8 Å². The number of halogens is 1. The van der Waals surface area contributed by atoms with Crippen molar-refractivity contribution in [2.45, 2.75) is 6.42 Å². The summed E-state index contributed by atoms with van der Waals surface area (Å²) >= 11 is 8.41. The number of hydrogen-bond acceptors (Lipinski definition) is 3. The lowest BCUT2D eigenvalue weighted by molar-refractivity contribution is 0.320. The molecule has 1 aromatic carbocycles. The number of nitrogens with zero attached hydrogens (tertiary/aromatic N) is 1. The van der Waals surface area contributed by atoms with Crippen molar-refractivity contribution in [1.82, 2.24) is 4.98 Å². The van der Waals surface area contributed by atoms with Crippen molar-refractivity contribution in [3.05, 3.63) is 58.3 Å². The van der Waals surface area contributed by atoms with Crippen molar-refractivity contribution >= 4 is 33.1 Å². The summed E-state index contributed by atoms with van der Waals surface area (Å²) in [5.41, 5.74) is 7.42. The molecule has 98 valence electrons. The van der Waals surface area contributed by atoms with Crippen LogP contribution in [0.5, 0.6) is 5.75 Å². The van der Waals surface area contributed by atoms with Crippen LogP contribution >= 0.6 is 28.1 Å². The lowest BCUT2D eigenvalue weighted by Crippen LogP contribution is -2.12. The van der Waals surface area contributed by atoms with Gasteiger partial charge in [0.2, 0.25) is 0 Å². The van der Waals surface area contributed by atoms with E-state index in [-0.39, 0.29) is 0 Å². The molecular weight excluding hydrogens is 324 g/mol. The number of thiocarbonyl (C=S) groups is 1. The van der Waals surface area contributed by atoms with E-state index in [0.29, 0.717) is 17.3 Å². The largest absolute Gasteiger partial charge is 0.492 e. The molecule has 0 atom stereocenters. The van der Waals surface area contributed by atoms with Crippen LogP contribution in [0.2, 0.25) is 0 Å². The van der Waals surface area contributed by atoms with E-state index in [4.69, 9.17) is 22.7 Å². The molecule has 0 unspecified atom stereocenters. The molecule has 2 rings (SSSR count). The van der Waals surface area contributed by atoms with Crippen molar-refractivity contribution in [2.24, 2.45) is 5.73 Å². The second-order valence-electron chi connectivity index (χ2n) is 3.92. The first-order valence-corrected chi connectivity index (χ1v) is 6.99. The van der Waals surface area contributed by atoms with Crippen molar-refractivity contribution in [1.29, 1.82) is 0 Å². The van der Waals surface area contributed by atoms with Crippen LogP contribution in [-0.4, -0.2) is 16.6 Å². The fraction of sp³-hybridized carbons (Fsp3) is 0.143. The highest BCUT2D eigenvalue weighted by molar-refractivity contribution is 9.10.